The Labute approximate surface area is 105 Å². The molecule has 3 nitrogen and oxygen atoms in total. The Hall–Kier alpha value is -1.26. The SMILES string of the molecule is Cc1ccc(CN)c(Sc2nc(C)c(C)o2)c1. The Morgan fingerprint density at radius 2 is 2.06 bits per heavy atom. The molecular formula is C13H16N2OS. The molecule has 0 unspecified atom stereocenters. The van der Waals surface area contributed by atoms with Gasteiger partial charge < -0.3 is 10.2 Å². The van der Waals surface area contributed by atoms with Gasteiger partial charge in [-0.15, -0.1) is 0 Å². The van der Waals surface area contributed by atoms with Crippen LogP contribution in [0.4, 0.5) is 0 Å². The van der Waals surface area contributed by atoms with Crippen LogP contribution >= 0.6 is 11.8 Å². The average molecular weight is 248 g/mol. The minimum atomic E-state index is 0.529. The van der Waals surface area contributed by atoms with Crippen molar-refractivity contribution >= 4 is 11.8 Å². The molecule has 1 heterocycles. The van der Waals surface area contributed by atoms with Crippen molar-refractivity contribution in [2.75, 3.05) is 0 Å². The first-order chi connectivity index (χ1) is 8.10. The van der Waals surface area contributed by atoms with Crippen LogP contribution in [0.5, 0.6) is 0 Å². The number of aryl methyl sites for hydroxylation is 3. The van der Waals surface area contributed by atoms with Crippen LogP contribution in [0.3, 0.4) is 0 Å². The Morgan fingerprint density at radius 3 is 2.65 bits per heavy atom. The summed E-state index contributed by atoms with van der Waals surface area (Å²) in [7, 11) is 0. The zero-order valence-corrected chi connectivity index (χ0v) is 11.1. The molecule has 0 spiro atoms. The summed E-state index contributed by atoms with van der Waals surface area (Å²) in [6.45, 7) is 6.47. The van der Waals surface area contributed by atoms with Crippen molar-refractivity contribution in [3.63, 3.8) is 0 Å². The largest absolute Gasteiger partial charge is 0.436 e. The van der Waals surface area contributed by atoms with Gasteiger partial charge in [-0.05, 0) is 49.7 Å². The van der Waals surface area contributed by atoms with Crippen LogP contribution in [0.15, 0.2) is 32.7 Å². The second kappa shape index (κ2) is 4.94. The maximum absolute atomic E-state index is 5.73. The van der Waals surface area contributed by atoms with Gasteiger partial charge >= 0.3 is 0 Å². The van der Waals surface area contributed by atoms with E-state index in [0.29, 0.717) is 11.8 Å². The average Bonchev–Trinajstić information content (AvgIpc) is 2.58. The second-order valence-electron chi connectivity index (χ2n) is 4.04. The van der Waals surface area contributed by atoms with Crippen molar-refractivity contribution in [3.05, 3.63) is 40.8 Å². The second-order valence-corrected chi connectivity index (χ2v) is 5.03. The lowest BCUT2D eigenvalue weighted by Gasteiger charge is -2.05. The van der Waals surface area contributed by atoms with Gasteiger partial charge in [0, 0.05) is 11.4 Å². The summed E-state index contributed by atoms with van der Waals surface area (Å²) in [6, 6.07) is 6.24. The zero-order chi connectivity index (χ0) is 12.4. The van der Waals surface area contributed by atoms with E-state index in [2.05, 4.69) is 30.1 Å². The van der Waals surface area contributed by atoms with Crippen molar-refractivity contribution < 1.29 is 4.42 Å². The third-order valence-corrected chi connectivity index (χ3v) is 3.60. The number of hydrogen-bond donors (Lipinski definition) is 1. The fourth-order valence-electron chi connectivity index (χ4n) is 1.51. The van der Waals surface area contributed by atoms with Gasteiger partial charge in [0.05, 0.1) is 5.69 Å². The van der Waals surface area contributed by atoms with E-state index in [4.69, 9.17) is 10.2 Å². The van der Waals surface area contributed by atoms with Crippen molar-refractivity contribution in [2.24, 2.45) is 5.73 Å². The van der Waals surface area contributed by atoms with Gasteiger partial charge in [0.15, 0.2) is 0 Å². The van der Waals surface area contributed by atoms with E-state index in [0.717, 1.165) is 21.9 Å². The first kappa shape index (κ1) is 12.2. The molecule has 1 aromatic carbocycles. The van der Waals surface area contributed by atoms with E-state index in [1.54, 1.807) is 0 Å². The summed E-state index contributed by atoms with van der Waals surface area (Å²) < 4.78 is 5.57. The number of hydrogen-bond acceptors (Lipinski definition) is 4. The number of rotatable bonds is 3. The predicted octanol–water partition coefficient (Wildman–Crippen LogP) is 3.21. The van der Waals surface area contributed by atoms with Crippen LogP contribution in [0.25, 0.3) is 0 Å². The highest BCUT2D eigenvalue weighted by molar-refractivity contribution is 7.99. The molecule has 17 heavy (non-hydrogen) atoms. The molecule has 2 N–H and O–H groups in total. The van der Waals surface area contributed by atoms with Crippen LogP contribution < -0.4 is 5.73 Å². The molecule has 2 rings (SSSR count). The van der Waals surface area contributed by atoms with Gasteiger partial charge in [-0.2, -0.15) is 0 Å². The van der Waals surface area contributed by atoms with Crippen LogP contribution in [-0.2, 0) is 6.54 Å². The summed E-state index contributed by atoms with van der Waals surface area (Å²) in [6.07, 6.45) is 0. The molecule has 0 aliphatic heterocycles. The highest BCUT2D eigenvalue weighted by atomic mass is 32.2. The number of benzene rings is 1. The normalized spacial score (nSPS) is 10.8. The highest BCUT2D eigenvalue weighted by Crippen LogP contribution is 2.31. The Bertz CT molecular complexity index is 515. The molecule has 0 aliphatic rings. The predicted molar refractivity (Wildman–Crippen MR) is 69.2 cm³/mol. The number of nitrogens with zero attached hydrogens (tertiary/aromatic N) is 1. The Balaban J connectivity index is 2.31. The maximum atomic E-state index is 5.73. The van der Waals surface area contributed by atoms with Gasteiger partial charge in [0.2, 0.25) is 0 Å². The molecule has 2 aromatic rings. The summed E-state index contributed by atoms with van der Waals surface area (Å²) in [5.41, 5.74) is 9.00. The molecule has 0 saturated carbocycles. The third kappa shape index (κ3) is 2.70. The van der Waals surface area contributed by atoms with Gasteiger partial charge in [-0.3, -0.25) is 0 Å². The van der Waals surface area contributed by atoms with E-state index in [1.807, 2.05) is 13.8 Å². The number of nitrogens with two attached hydrogens (primary N) is 1. The molecule has 1 aromatic heterocycles. The lowest BCUT2D eigenvalue weighted by molar-refractivity contribution is 0.431. The van der Waals surface area contributed by atoms with Crippen molar-refractivity contribution in [2.45, 2.75) is 37.4 Å². The van der Waals surface area contributed by atoms with E-state index < -0.39 is 0 Å². The number of aromatic nitrogens is 1. The Kier molecular flexibility index (Phi) is 3.54. The van der Waals surface area contributed by atoms with E-state index in [1.165, 1.54) is 17.3 Å². The van der Waals surface area contributed by atoms with E-state index in [9.17, 15) is 0 Å². The molecule has 0 aliphatic carbocycles. The minimum Gasteiger partial charge on any atom is -0.436 e. The van der Waals surface area contributed by atoms with Crippen LogP contribution in [0, 0.1) is 20.8 Å². The van der Waals surface area contributed by atoms with E-state index in [-0.39, 0.29) is 0 Å². The molecule has 0 amide bonds. The zero-order valence-electron chi connectivity index (χ0n) is 10.3. The van der Waals surface area contributed by atoms with Crippen molar-refractivity contribution in [1.29, 1.82) is 0 Å². The first-order valence-corrected chi connectivity index (χ1v) is 6.33. The van der Waals surface area contributed by atoms with Crippen LogP contribution in [0.2, 0.25) is 0 Å². The summed E-state index contributed by atoms with van der Waals surface area (Å²) in [5, 5.41) is 0.681. The fourth-order valence-corrected chi connectivity index (χ4v) is 2.57. The molecule has 0 radical (unpaired) electrons. The van der Waals surface area contributed by atoms with Crippen LogP contribution in [-0.4, -0.2) is 4.98 Å². The van der Waals surface area contributed by atoms with Crippen LogP contribution in [0.1, 0.15) is 22.6 Å². The minimum absolute atomic E-state index is 0.529. The van der Waals surface area contributed by atoms with Gasteiger partial charge in [0.25, 0.3) is 5.22 Å². The topological polar surface area (TPSA) is 52.0 Å². The van der Waals surface area contributed by atoms with Gasteiger partial charge in [0.1, 0.15) is 5.76 Å². The summed E-state index contributed by atoms with van der Waals surface area (Å²) in [4.78, 5) is 5.49. The monoisotopic (exact) mass is 248 g/mol. The summed E-state index contributed by atoms with van der Waals surface area (Å²) >= 11 is 1.53. The van der Waals surface area contributed by atoms with Crippen molar-refractivity contribution in [1.82, 2.24) is 4.98 Å². The lowest BCUT2D eigenvalue weighted by Crippen LogP contribution is -1.98. The first-order valence-electron chi connectivity index (χ1n) is 5.51. The molecule has 0 bridgehead atoms. The number of oxazole rings is 1. The quantitative estimate of drug-likeness (QED) is 0.906. The summed E-state index contributed by atoms with van der Waals surface area (Å²) in [5.74, 6) is 0.870. The smallest absolute Gasteiger partial charge is 0.261 e. The molecule has 0 fully saturated rings. The Morgan fingerprint density at radius 1 is 1.29 bits per heavy atom. The van der Waals surface area contributed by atoms with Crippen molar-refractivity contribution in [3.8, 4) is 0 Å². The highest BCUT2D eigenvalue weighted by Gasteiger charge is 2.10. The third-order valence-electron chi connectivity index (χ3n) is 2.65. The lowest BCUT2D eigenvalue weighted by atomic mass is 10.1. The molecule has 4 heteroatoms. The fraction of sp³-hybridized carbons (Fsp3) is 0.308. The van der Waals surface area contributed by atoms with E-state index >= 15 is 0 Å². The molecule has 0 atom stereocenters. The maximum Gasteiger partial charge on any atom is 0.261 e. The molecule has 90 valence electrons. The van der Waals surface area contributed by atoms with Gasteiger partial charge in [-0.1, -0.05) is 12.1 Å². The van der Waals surface area contributed by atoms with Gasteiger partial charge in [-0.25, -0.2) is 4.98 Å². The molecular weight excluding hydrogens is 232 g/mol. The standard InChI is InChI=1S/C13H16N2OS/c1-8-4-5-11(7-14)12(6-8)17-13-15-9(2)10(3)16-13/h4-6H,7,14H2,1-3H3. The molecule has 0 saturated heterocycles.